The van der Waals surface area contributed by atoms with E-state index in [2.05, 4.69) is 29.2 Å². The molecule has 1 aromatic carbocycles. The molecular formula is C16H22N2. The average Bonchev–Trinajstić information content (AvgIpc) is 2.47. The van der Waals surface area contributed by atoms with Gasteiger partial charge in [-0.2, -0.15) is 0 Å². The monoisotopic (exact) mass is 242 g/mol. The molecule has 2 heteroatoms. The van der Waals surface area contributed by atoms with Crippen LogP contribution in [0.5, 0.6) is 0 Å². The number of amidine groups is 1. The Hall–Kier alpha value is -1.31. The van der Waals surface area contributed by atoms with Crippen LogP contribution < -0.4 is 4.90 Å². The van der Waals surface area contributed by atoms with Gasteiger partial charge < -0.3 is 4.90 Å². The summed E-state index contributed by atoms with van der Waals surface area (Å²) in [6.07, 6.45) is 8.77. The van der Waals surface area contributed by atoms with Gasteiger partial charge in [0.25, 0.3) is 0 Å². The van der Waals surface area contributed by atoms with E-state index in [9.17, 15) is 0 Å². The summed E-state index contributed by atoms with van der Waals surface area (Å²) in [6, 6.07) is 8.62. The topological polar surface area (TPSA) is 27.1 Å². The standard InChI is InChI=1S/C16H22N2/c17-16(14-8-2-1-3-9-14)18-12-6-10-13-7-4-5-11-15(13)18/h4-5,7,11,14,17H,1-3,6,8-10,12H2. The molecule has 0 atom stereocenters. The highest BCUT2D eigenvalue weighted by molar-refractivity contribution is 5.98. The Balaban J connectivity index is 1.82. The van der Waals surface area contributed by atoms with Crippen molar-refractivity contribution in [3.05, 3.63) is 29.8 Å². The lowest BCUT2D eigenvalue weighted by molar-refractivity contribution is 0.433. The van der Waals surface area contributed by atoms with E-state index in [1.165, 1.54) is 56.2 Å². The first-order valence-corrected chi connectivity index (χ1v) is 7.30. The number of hydrogen-bond donors (Lipinski definition) is 1. The summed E-state index contributed by atoms with van der Waals surface area (Å²) in [6.45, 7) is 1.03. The number of anilines is 1. The Bertz CT molecular complexity index is 432. The van der Waals surface area contributed by atoms with Gasteiger partial charge in [0.05, 0.1) is 0 Å². The predicted molar refractivity (Wildman–Crippen MR) is 76.4 cm³/mol. The van der Waals surface area contributed by atoms with Crippen molar-refractivity contribution in [2.24, 2.45) is 5.92 Å². The van der Waals surface area contributed by atoms with Crippen LogP contribution in [0.3, 0.4) is 0 Å². The van der Waals surface area contributed by atoms with E-state index < -0.39 is 0 Å². The molecule has 0 radical (unpaired) electrons. The fourth-order valence-corrected chi connectivity index (χ4v) is 3.38. The molecule has 96 valence electrons. The average molecular weight is 242 g/mol. The zero-order valence-corrected chi connectivity index (χ0v) is 11.0. The van der Waals surface area contributed by atoms with Crippen LogP contribution in [0, 0.1) is 11.3 Å². The first-order chi connectivity index (χ1) is 8.86. The van der Waals surface area contributed by atoms with Gasteiger partial charge in [-0.05, 0) is 37.3 Å². The zero-order valence-electron chi connectivity index (χ0n) is 11.0. The number of nitrogens with zero attached hydrogens (tertiary/aromatic N) is 1. The molecule has 0 spiro atoms. The SMILES string of the molecule is N=C(C1CCCCC1)N1CCCc2ccccc21. The van der Waals surface area contributed by atoms with Gasteiger partial charge >= 0.3 is 0 Å². The number of nitrogens with one attached hydrogen (secondary N) is 1. The van der Waals surface area contributed by atoms with Crippen LogP contribution in [-0.2, 0) is 6.42 Å². The molecule has 3 rings (SSSR count). The summed E-state index contributed by atoms with van der Waals surface area (Å²) in [4.78, 5) is 2.27. The van der Waals surface area contributed by atoms with Gasteiger partial charge in [-0.1, -0.05) is 37.5 Å². The van der Waals surface area contributed by atoms with Crippen molar-refractivity contribution in [2.75, 3.05) is 11.4 Å². The molecule has 1 aliphatic carbocycles. The van der Waals surface area contributed by atoms with E-state index in [0.717, 1.165) is 12.4 Å². The molecular weight excluding hydrogens is 220 g/mol. The zero-order chi connectivity index (χ0) is 12.4. The molecule has 1 aromatic rings. The molecule has 2 aliphatic rings. The molecule has 0 amide bonds. The predicted octanol–water partition coefficient (Wildman–Crippen LogP) is 4.00. The molecule has 1 heterocycles. The highest BCUT2D eigenvalue weighted by atomic mass is 15.2. The largest absolute Gasteiger partial charge is 0.330 e. The van der Waals surface area contributed by atoms with Crippen LogP contribution in [0.4, 0.5) is 5.69 Å². The van der Waals surface area contributed by atoms with Gasteiger partial charge in [-0.3, -0.25) is 5.41 Å². The minimum Gasteiger partial charge on any atom is -0.330 e. The van der Waals surface area contributed by atoms with Crippen molar-refractivity contribution < 1.29 is 0 Å². The lowest BCUT2D eigenvalue weighted by Gasteiger charge is -2.35. The van der Waals surface area contributed by atoms with Gasteiger partial charge in [0.15, 0.2) is 0 Å². The second-order valence-corrected chi connectivity index (χ2v) is 5.60. The first kappa shape index (κ1) is 11.8. The van der Waals surface area contributed by atoms with Crippen LogP contribution >= 0.6 is 0 Å². The molecule has 0 bridgehead atoms. The minimum absolute atomic E-state index is 0.505. The Kier molecular flexibility index (Phi) is 3.35. The van der Waals surface area contributed by atoms with Crippen LogP contribution in [0.1, 0.15) is 44.1 Å². The third-order valence-electron chi connectivity index (χ3n) is 4.39. The fourth-order valence-electron chi connectivity index (χ4n) is 3.38. The second kappa shape index (κ2) is 5.13. The maximum atomic E-state index is 8.53. The molecule has 0 aromatic heterocycles. The molecule has 2 nitrogen and oxygen atoms in total. The maximum Gasteiger partial charge on any atom is 0.103 e. The molecule has 18 heavy (non-hydrogen) atoms. The Morgan fingerprint density at radius 3 is 2.67 bits per heavy atom. The number of aryl methyl sites for hydroxylation is 1. The van der Waals surface area contributed by atoms with Crippen molar-refractivity contribution in [3.8, 4) is 0 Å². The maximum absolute atomic E-state index is 8.53. The number of para-hydroxylation sites is 1. The summed E-state index contributed by atoms with van der Waals surface area (Å²) in [5.74, 6) is 1.38. The quantitative estimate of drug-likeness (QED) is 0.585. The number of fused-ring (bicyclic) bond motifs is 1. The molecule has 0 unspecified atom stereocenters. The van der Waals surface area contributed by atoms with E-state index >= 15 is 0 Å². The highest BCUT2D eigenvalue weighted by Crippen LogP contribution is 2.32. The van der Waals surface area contributed by atoms with Gasteiger partial charge in [0, 0.05) is 18.2 Å². The minimum atomic E-state index is 0.505. The normalized spacial score (nSPS) is 20.6. The summed E-state index contributed by atoms with van der Waals surface area (Å²) in [7, 11) is 0. The summed E-state index contributed by atoms with van der Waals surface area (Å²) in [5, 5.41) is 8.53. The van der Waals surface area contributed by atoms with Crippen molar-refractivity contribution in [1.82, 2.24) is 0 Å². The van der Waals surface area contributed by atoms with E-state index in [0.29, 0.717) is 5.92 Å². The van der Waals surface area contributed by atoms with Gasteiger partial charge in [0.1, 0.15) is 5.84 Å². The van der Waals surface area contributed by atoms with Gasteiger partial charge in [0.2, 0.25) is 0 Å². The lowest BCUT2D eigenvalue weighted by Crippen LogP contribution is -2.39. The summed E-state index contributed by atoms with van der Waals surface area (Å²) < 4.78 is 0. The van der Waals surface area contributed by atoms with Crippen molar-refractivity contribution in [1.29, 1.82) is 5.41 Å². The summed E-state index contributed by atoms with van der Waals surface area (Å²) >= 11 is 0. The Morgan fingerprint density at radius 1 is 1.06 bits per heavy atom. The molecule has 0 saturated heterocycles. The Morgan fingerprint density at radius 2 is 1.83 bits per heavy atom. The van der Waals surface area contributed by atoms with E-state index in [1.54, 1.807) is 0 Å². The van der Waals surface area contributed by atoms with Crippen LogP contribution in [0.25, 0.3) is 0 Å². The van der Waals surface area contributed by atoms with Gasteiger partial charge in [-0.25, -0.2) is 0 Å². The smallest absolute Gasteiger partial charge is 0.103 e. The van der Waals surface area contributed by atoms with Crippen LogP contribution in [0.15, 0.2) is 24.3 Å². The van der Waals surface area contributed by atoms with Crippen molar-refractivity contribution >= 4 is 11.5 Å². The third kappa shape index (κ3) is 2.16. The molecule has 1 aliphatic heterocycles. The highest BCUT2D eigenvalue weighted by Gasteiger charge is 2.26. The van der Waals surface area contributed by atoms with Crippen LogP contribution in [-0.4, -0.2) is 12.4 Å². The van der Waals surface area contributed by atoms with E-state index in [1.807, 2.05) is 0 Å². The number of rotatable bonds is 1. The Labute approximate surface area is 110 Å². The summed E-state index contributed by atoms with van der Waals surface area (Å²) in [5.41, 5.74) is 2.71. The number of benzene rings is 1. The van der Waals surface area contributed by atoms with Crippen LogP contribution in [0.2, 0.25) is 0 Å². The third-order valence-corrected chi connectivity index (χ3v) is 4.39. The molecule has 1 N–H and O–H groups in total. The van der Waals surface area contributed by atoms with Gasteiger partial charge in [-0.15, -0.1) is 0 Å². The van der Waals surface area contributed by atoms with E-state index in [4.69, 9.17) is 5.41 Å². The first-order valence-electron chi connectivity index (χ1n) is 7.30. The lowest BCUT2D eigenvalue weighted by atomic mass is 9.87. The molecule has 1 fully saturated rings. The van der Waals surface area contributed by atoms with E-state index in [-0.39, 0.29) is 0 Å². The number of hydrogen-bond acceptors (Lipinski definition) is 1. The molecule has 1 saturated carbocycles. The van der Waals surface area contributed by atoms with Crippen molar-refractivity contribution in [2.45, 2.75) is 44.9 Å². The van der Waals surface area contributed by atoms with Crippen molar-refractivity contribution in [3.63, 3.8) is 0 Å². The second-order valence-electron chi connectivity index (χ2n) is 5.60. The fraction of sp³-hybridized carbons (Fsp3) is 0.562.